The van der Waals surface area contributed by atoms with Gasteiger partial charge in [-0.25, -0.2) is 9.79 Å². The first-order valence-corrected chi connectivity index (χ1v) is 11.4. The van der Waals surface area contributed by atoms with Gasteiger partial charge in [-0.15, -0.1) is 0 Å². The van der Waals surface area contributed by atoms with Crippen LogP contribution in [0.1, 0.15) is 60.8 Å². The first-order valence-electron chi connectivity index (χ1n) is 11.0. The summed E-state index contributed by atoms with van der Waals surface area (Å²) in [5.74, 6) is 1.13. The Labute approximate surface area is 203 Å². The largest absolute Gasteiger partial charge is 0.493 e. The molecule has 0 aromatic carbocycles. The summed E-state index contributed by atoms with van der Waals surface area (Å²) in [6.07, 6.45) is 5.48. The lowest BCUT2D eigenvalue weighted by Gasteiger charge is -2.35. The molecule has 33 heavy (non-hydrogen) atoms. The number of amides is 1. The van der Waals surface area contributed by atoms with Crippen LogP contribution in [-0.4, -0.2) is 53.8 Å². The Balaban J connectivity index is 0.000000582. The van der Waals surface area contributed by atoms with Gasteiger partial charge in [-0.1, -0.05) is 18.2 Å². The Hall–Kier alpha value is -2.32. The second-order valence-electron chi connectivity index (χ2n) is 9.89. The number of allylic oxidation sites excluding steroid dienone is 1. The number of nitrogens with two attached hydrogens (primary N) is 1. The van der Waals surface area contributed by atoms with Gasteiger partial charge in [0.15, 0.2) is 5.17 Å². The lowest BCUT2D eigenvalue weighted by Crippen LogP contribution is -2.36. The number of hydrogen-bond acceptors (Lipinski definition) is 7. The van der Waals surface area contributed by atoms with Crippen LogP contribution in [-0.2, 0) is 14.2 Å². The van der Waals surface area contributed by atoms with Crippen LogP contribution in [0.2, 0.25) is 0 Å². The monoisotopic (exact) mass is 482 g/mol. The van der Waals surface area contributed by atoms with Gasteiger partial charge < -0.3 is 24.8 Å². The summed E-state index contributed by atoms with van der Waals surface area (Å²) < 4.78 is 16.1. The predicted molar refractivity (Wildman–Crippen MR) is 134 cm³/mol. The third kappa shape index (κ3) is 11.9. The van der Waals surface area contributed by atoms with Gasteiger partial charge in [0.25, 0.3) is 0 Å². The normalized spacial score (nSPS) is 20.2. The van der Waals surface area contributed by atoms with Crippen molar-refractivity contribution in [3.05, 3.63) is 36.1 Å². The fraction of sp³-hybridized carbons (Fsp3) is 0.625. The molecule has 1 amide bonds. The number of primary amides is 1. The third-order valence-electron chi connectivity index (χ3n) is 4.32. The van der Waals surface area contributed by atoms with Crippen LogP contribution in [0.4, 0.5) is 4.79 Å². The molecular weight excluding hydrogens is 444 g/mol. The highest BCUT2D eigenvalue weighted by Crippen LogP contribution is 2.30. The number of ether oxygens (including phenoxy) is 3. The number of carbonyl (C=O) groups excluding carboxylic acids is 1. The van der Waals surface area contributed by atoms with Crippen molar-refractivity contribution in [2.45, 2.75) is 72.0 Å². The molecule has 1 saturated heterocycles. The molecule has 0 aromatic heterocycles. The molecule has 2 heterocycles. The molecule has 1 atom stereocenters. The van der Waals surface area contributed by atoms with E-state index in [0.29, 0.717) is 23.3 Å². The molecule has 0 aromatic rings. The minimum Gasteiger partial charge on any atom is -0.493 e. The summed E-state index contributed by atoms with van der Waals surface area (Å²) in [5.41, 5.74) is 5.72. The molecule has 0 radical (unpaired) electrons. The van der Waals surface area contributed by atoms with E-state index in [1.54, 1.807) is 33.2 Å². The highest BCUT2D eigenvalue weighted by atomic mass is 35.5. The average Bonchev–Trinajstić information content (AvgIpc) is 2.64. The predicted octanol–water partition coefficient (Wildman–Crippen LogP) is 5.35. The van der Waals surface area contributed by atoms with Crippen molar-refractivity contribution in [2.75, 3.05) is 19.8 Å². The van der Waals surface area contributed by atoms with E-state index in [-0.39, 0.29) is 5.60 Å². The molecule has 8 nitrogen and oxygen atoms in total. The van der Waals surface area contributed by atoms with Crippen molar-refractivity contribution in [3.8, 4) is 0 Å². The smallest absolute Gasteiger partial charge is 0.405 e. The fourth-order valence-electron chi connectivity index (χ4n) is 3.28. The molecule has 2 aliphatic rings. The second kappa shape index (κ2) is 12.8. The highest BCUT2D eigenvalue weighted by molar-refractivity contribution is 6.69. The maximum Gasteiger partial charge on any atom is 0.405 e. The van der Waals surface area contributed by atoms with Gasteiger partial charge in [-0.05, 0) is 61.1 Å². The van der Waals surface area contributed by atoms with Crippen molar-refractivity contribution < 1.29 is 19.0 Å². The van der Waals surface area contributed by atoms with E-state index in [1.807, 2.05) is 20.8 Å². The van der Waals surface area contributed by atoms with E-state index in [2.05, 4.69) is 32.9 Å². The molecule has 0 aliphatic carbocycles. The fourth-order valence-corrected chi connectivity index (χ4v) is 3.48. The van der Waals surface area contributed by atoms with E-state index in [4.69, 9.17) is 26.8 Å². The minimum absolute atomic E-state index is 0.281. The van der Waals surface area contributed by atoms with E-state index < -0.39 is 11.7 Å². The Kier molecular flexibility index (Phi) is 11.1. The molecule has 1 unspecified atom stereocenters. The molecule has 0 saturated carbocycles. The number of halogens is 1. The van der Waals surface area contributed by atoms with Crippen LogP contribution < -0.4 is 5.73 Å². The molecule has 2 N–H and O–H groups in total. The van der Waals surface area contributed by atoms with Crippen LogP contribution in [0.25, 0.3) is 0 Å². The molecular formula is C24H39ClN4O4. The van der Waals surface area contributed by atoms with Gasteiger partial charge in [0.05, 0.1) is 24.3 Å². The van der Waals surface area contributed by atoms with E-state index in [9.17, 15) is 4.79 Å². The Morgan fingerprint density at radius 2 is 1.97 bits per heavy atom. The van der Waals surface area contributed by atoms with Crippen LogP contribution in [0.3, 0.4) is 0 Å². The average molecular weight is 483 g/mol. The molecule has 9 heteroatoms. The topological polar surface area (TPSA) is 98.7 Å². The zero-order valence-corrected chi connectivity index (χ0v) is 21.6. The first-order chi connectivity index (χ1) is 15.2. The molecule has 0 bridgehead atoms. The Morgan fingerprint density at radius 3 is 2.42 bits per heavy atom. The molecule has 2 rings (SSSR count). The summed E-state index contributed by atoms with van der Waals surface area (Å²) in [7, 11) is 0. The molecule has 1 fully saturated rings. The van der Waals surface area contributed by atoms with Crippen LogP contribution >= 0.6 is 11.6 Å². The summed E-state index contributed by atoms with van der Waals surface area (Å²) >= 11 is 6.30. The summed E-state index contributed by atoms with van der Waals surface area (Å²) in [6.45, 7) is 21.3. The van der Waals surface area contributed by atoms with E-state index >= 15 is 0 Å². The maximum absolute atomic E-state index is 10.0. The van der Waals surface area contributed by atoms with Crippen LogP contribution in [0.15, 0.2) is 46.1 Å². The second-order valence-corrected chi connectivity index (χ2v) is 10.3. The quantitative estimate of drug-likeness (QED) is 0.406. The number of carbonyl (C=O) groups is 1. The number of aliphatic imine (C=N–C) groups is 2. The maximum atomic E-state index is 10.0. The Bertz CT molecular complexity index is 785. The lowest BCUT2D eigenvalue weighted by molar-refractivity contribution is 0.0419. The van der Waals surface area contributed by atoms with Gasteiger partial charge in [-0.3, -0.25) is 4.99 Å². The van der Waals surface area contributed by atoms with Gasteiger partial charge in [0.2, 0.25) is 0 Å². The standard InChI is InChI=1S/C19H28ClN3O2.C5H11NO2/c1-14(25-19(2,3)4)9-16-10-22-18(20)17(11-21-5)23(16)12-15-7-6-8-24-13-15;1-5(2,3)8-4(6)7/h10-11,15H,1,5-9,12-13H2,2-4H3;1-3H3,(H2,6,7)/b17-11-;. The van der Waals surface area contributed by atoms with Gasteiger partial charge >= 0.3 is 6.09 Å². The summed E-state index contributed by atoms with van der Waals surface area (Å²) in [4.78, 5) is 20.3. The van der Waals surface area contributed by atoms with Gasteiger partial charge in [0.1, 0.15) is 11.2 Å². The van der Waals surface area contributed by atoms with E-state index in [1.165, 1.54) is 0 Å². The third-order valence-corrected chi connectivity index (χ3v) is 4.61. The number of rotatable bonds is 6. The highest BCUT2D eigenvalue weighted by Gasteiger charge is 2.27. The van der Waals surface area contributed by atoms with Crippen LogP contribution in [0, 0.1) is 5.92 Å². The molecule has 2 aliphatic heterocycles. The number of hydrogen-bond donors (Lipinski definition) is 1. The van der Waals surface area contributed by atoms with Crippen molar-refractivity contribution in [3.63, 3.8) is 0 Å². The van der Waals surface area contributed by atoms with Crippen LogP contribution in [0.5, 0.6) is 0 Å². The van der Waals surface area contributed by atoms with Crippen molar-refractivity contribution in [1.82, 2.24) is 4.90 Å². The zero-order valence-electron chi connectivity index (χ0n) is 20.8. The minimum atomic E-state index is -0.725. The lowest BCUT2D eigenvalue weighted by atomic mass is 10.0. The van der Waals surface area contributed by atoms with Crippen molar-refractivity contribution >= 4 is 29.6 Å². The van der Waals surface area contributed by atoms with Crippen molar-refractivity contribution in [2.24, 2.45) is 21.6 Å². The number of nitrogens with zero attached hydrogens (tertiary/aromatic N) is 3. The summed E-state index contributed by atoms with van der Waals surface area (Å²) in [6, 6.07) is 0. The van der Waals surface area contributed by atoms with Crippen molar-refractivity contribution in [1.29, 1.82) is 0 Å². The molecule has 0 spiro atoms. The summed E-state index contributed by atoms with van der Waals surface area (Å²) in [5, 5.41) is 0.412. The molecule has 186 valence electrons. The van der Waals surface area contributed by atoms with E-state index in [0.717, 1.165) is 44.0 Å². The Morgan fingerprint density at radius 1 is 1.33 bits per heavy atom. The zero-order chi connectivity index (χ0) is 25.2. The van der Waals surface area contributed by atoms with Gasteiger partial charge in [-0.2, -0.15) is 0 Å². The first kappa shape index (κ1) is 28.7. The van der Waals surface area contributed by atoms with Gasteiger partial charge in [0, 0.05) is 37.4 Å². The SMILES string of the molecule is C=N/C=C1/C(Cl)=NC=C(CC(=C)OC(C)(C)C)N1CC1CCCOC1.CC(C)(C)OC(N)=O.